The summed E-state index contributed by atoms with van der Waals surface area (Å²) in [4.78, 5) is 25.5. The Morgan fingerprint density at radius 3 is 2.59 bits per heavy atom. The predicted octanol–water partition coefficient (Wildman–Crippen LogP) is 2.03. The van der Waals surface area contributed by atoms with Crippen molar-refractivity contribution < 1.29 is 9.53 Å². The van der Waals surface area contributed by atoms with Gasteiger partial charge in [-0.25, -0.2) is 9.97 Å². The molecular weight excluding hydrogens is 342 g/mol. The standard InChI is InChI=1S/C20H25N5O2/c26-20(25-10-8-24(9-11-25)16-5-2-1-3-6-16)18-14-23-19(15-21-18)22-13-17-7-4-12-27-17/h1-3,5-6,14-15,17H,4,7-13H2,(H,22,23). The Labute approximate surface area is 159 Å². The number of anilines is 2. The normalized spacial score (nSPS) is 19.9. The van der Waals surface area contributed by atoms with Crippen LogP contribution in [0, 0.1) is 0 Å². The zero-order valence-electron chi connectivity index (χ0n) is 15.4. The highest BCUT2D eigenvalue weighted by Gasteiger charge is 2.23. The molecule has 2 fully saturated rings. The third kappa shape index (κ3) is 4.36. The summed E-state index contributed by atoms with van der Waals surface area (Å²) in [5, 5.41) is 3.23. The highest BCUT2D eigenvalue weighted by molar-refractivity contribution is 5.92. The summed E-state index contributed by atoms with van der Waals surface area (Å²) in [6, 6.07) is 10.3. The van der Waals surface area contributed by atoms with Crippen LogP contribution < -0.4 is 10.2 Å². The maximum absolute atomic E-state index is 12.7. The van der Waals surface area contributed by atoms with Crippen LogP contribution in [0.25, 0.3) is 0 Å². The lowest BCUT2D eigenvalue weighted by Crippen LogP contribution is -2.49. The monoisotopic (exact) mass is 367 g/mol. The second-order valence-corrected chi connectivity index (χ2v) is 6.92. The number of ether oxygens (including phenoxy) is 1. The average Bonchev–Trinajstić information content (AvgIpc) is 3.27. The molecule has 0 saturated carbocycles. The van der Waals surface area contributed by atoms with Crippen molar-refractivity contribution in [3.05, 3.63) is 48.4 Å². The number of amides is 1. The number of hydrogen-bond donors (Lipinski definition) is 1. The molecule has 1 N–H and O–H groups in total. The fourth-order valence-electron chi connectivity index (χ4n) is 3.52. The van der Waals surface area contributed by atoms with E-state index in [1.807, 2.05) is 23.1 Å². The lowest BCUT2D eigenvalue weighted by Gasteiger charge is -2.35. The van der Waals surface area contributed by atoms with Crippen molar-refractivity contribution >= 4 is 17.4 Å². The van der Waals surface area contributed by atoms with Crippen LogP contribution in [0.3, 0.4) is 0 Å². The zero-order chi connectivity index (χ0) is 18.5. The van der Waals surface area contributed by atoms with Gasteiger partial charge in [-0.2, -0.15) is 0 Å². The molecule has 0 spiro atoms. The molecule has 7 heteroatoms. The van der Waals surface area contributed by atoms with Crippen LogP contribution in [0.1, 0.15) is 23.3 Å². The van der Waals surface area contributed by atoms with Gasteiger partial charge < -0.3 is 19.9 Å². The Bertz CT molecular complexity index is 739. The van der Waals surface area contributed by atoms with Gasteiger partial charge in [0.15, 0.2) is 0 Å². The van der Waals surface area contributed by atoms with Crippen molar-refractivity contribution in [2.24, 2.45) is 0 Å². The molecule has 1 unspecified atom stereocenters. The van der Waals surface area contributed by atoms with Crippen LogP contribution in [0.4, 0.5) is 11.5 Å². The maximum Gasteiger partial charge on any atom is 0.274 e. The van der Waals surface area contributed by atoms with Crippen molar-refractivity contribution in [1.82, 2.24) is 14.9 Å². The smallest absolute Gasteiger partial charge is 0.274 e. The van der Waals surface area contributed by atoms with Crippen LogP contribution in [0.5, 0.6) is 0 Å². The fourth-order valence-corrected chi connectivity index (χ4v) is 3.52. The number of nitrogens with zero attached hydrogens (tertiary/aromatic N) is 4. The Hall–Kier alpha value is -2.67. The van der Waals surface area contributed by atoms with Gasteiger partial charge in [-0.1, -0.05) is 18.2 Å². The first-order valence-electron chi connectivity index (χ1n) is 9.56. The van der Waals surface area contributed by atoms with E-state index in [4.69, 9.17) is 4.74 Å². The van der Waals surface area contributed by atoms with Gasteiger partial charge in [0.1, 0.15) is 11.5 Å². The van der Waals surface area contributed by atoms with Gasteiger partial charge in [-0.3, -0.25) is 4.79 Å². The van der Waals surface area contributed by atoms with E-state index in [1.54, 1.807) is 12.4 Å². The number of nitrogens with one attached hydrogen (secondary N) is 1. The van der Waals surface area contributed by atoms with E-state index in [0.29, 0.717) is 24.6 Å². The molecule has 1 aromatic carbocycles. The molecular formula is C20H25N5O2. The fraction of sp³-hybridized carbons (Fsp3) is 0.450. The van der Waals surface area contributed by atoms with E-state index in [1.165, 1.54) is 5.69 Å². The Morgan fingerprint density at radius 2 is 1.93 bits per heavy atom. The molecule has 27 heavy (non-hydrogen) atoms. The minimum Gasteiger partial charge on any atom is -0.376 e. The van der Waals surface area contributed by atoms with E-state index in [2.05, 4.69) is 32.3 Å². The van der Waals surface area contributed by atoms with E-state index >= 15 is 0 Å². The first kappa shape index (κ1) is 17.7. The van der Waals surface area contributed by atoms with Crippen molar-refractivity contribution in [1.29, 1.82) is 0 Å². The minimum absolute atomic E-state index is 0.0547. The third-order valence-electron chi connectivity index (χ3n) is 5.09. The minimum atomic E-state index is -0.0547. The van der Waals surface area contributed by atoms with E-state index in [9.17, 15) is 4.79 Å². The predicted molar refractivity (Wildman–Crippen MR) is 104 cm³/mol. The van der Waals surface area contributed by atoms with Crippen molar-refractivity contribution in [3.8, 4) is 0 Å². The second kappa shape index (κ2) is 8.35. The third-order valence-corrected chi connectivity index (χ3v) is 5.09. The first-order chi connectivity index (χ1) is 13.3. The number of rotatable bonds is 5. The summed E-state index contributed by atoms with van der Waals surface area (Å²) < 4.78 is 5.58. The quantitative estimate of drug-likeness (QED) is 0.872. The lowest BCUT2D eigenvalue weighted by atomic mass is 10.2. The van der Waals surface area contributed by atoms with Crippen molar-refractivity contribution in [2.45, 2.75) is 18.9 Å². The second-order valence-electron chi connectivity index (χ2n) is 6.92. The molecule has 0 radical (unpaired) electrons. The SMILES string of the molecule is O=C(c1cnc(NCC2CCCO2)cn1)N1CCN(c2ccccc2)CC1. The molecule has 0 aliphatic carbocycles. The number of carbonyl (C=O) groups is 1. The summed E-state index contributed by atoms with van der Waals surface area (Å²) in [6.07, 6.45) is 5.62. The molecule has 2 aliphatic rings. The molecule has 1 amide bonds. The molecule has 0 bridgehead atoms. The number of benzene rings is 1. The number of hydrogen-bond acceptors (Lipinski definition) is 6. The molecule has 4 rings (SSSR count). The van der Waals surface area contributed by atoms with Gasteiger partial charge in [-0.15, -0.1) is 0 Å². The van der Waals surface area contributed by atoms with Crippen LogP contribution in [-0.2, 0) is 4.74 Å². The van der Waals surface area contributed by atoms with Gasteiger partial charge in [0.05, 0.1) is 18.5 Å². The highest BCUT2D eigenvalue weighted by Crippen LogP contribution is 2.17. The van der Waals surface area contributed by atoms with Gasteiger partial charge in [0.2, 0.25) is 0 Å². The molecule has 2 aliphatic heterocycles. The molecule has 2 aromatic rings. The summed E-state index contributed by atoms with van der Waals surface area (Å²) in [5.41, 5.74) is 1.59. The Morgan fingerprint density at radius 1 is 1.11 bits per heavy atom. The Kier molecular flexibility index (Phi) is 5.48. The van der Waals surface area contributed by atoms with Crippen molar-refractivity contribution in [3.63, 3.8) is 0 Å². The molecule has 1 atom stereocenters. The average molecular weight is 367 g/mol. The number of aromatic nitrogens is 2. The van der Waals surface area contributed by atoms with Gasteiger partial charge in [-0.05, 0) is 25.0 Å². The van der Waals surface area contributed by atoms with E-state index in [-0.39, 0.29) is 12.0 Å². The topological polar surface area (TPSA) is 70.6 Å². The maximum atomic E-state index is 12.7. The lowest BCUT2D eigenvalue weighted by molar-refractivity contribution is 0.0740. The summed E-state index contributed by atoms with van der Waals surface area (Å²) in [7, 11) is 0. The molecule has 3 heterocycles. The zero-order valence-corrected chi connectivity index (χ0v) is 15.4. The summed E-state index contributed by atoms with van der Waals surface area (Å²) in [5.74, 6) is 0.622. The summed E-state index contributed by atoms with van der Waals surface area (Å²) in [6.45, 7) is 4.59. The van der Waals surface area contributed by atoms with Crippen LogP contribution in [0.15, 0.2) is 42.7 Å². The van der Waals surface area contributed by atoms with Gasteiger partial charge in [0.25, 0.3) is 5.91 Å². The van der Waals surface area contributed by atoms with Gasteiger partial charge >= 0.3 is 0 Å². The largest absolute Gasteiger partial charge is 0.376 e. The molecule has 142 valence electrons. The van der Waals surface area contributed by atoms with Crippen molar-refractivity contribution in [2.75, 3.05) is 49.5 Å². The molecule has 1 aromatic heterocycles. The van der Waals surface area contributed by atoms with E-state index < -0.39 is 0 Å². The number of para-hydroxylation sites is 1. The first-order valence-corrected chi connectivity index (χ1v) is 9.56. The number of carbonyl (C=O) groups excluding carboxylic acids is 1. The summed E-state index contributed by atoms with van der Waals surface area (Å²) >= 11 is 0. The Balaban J connectivity index is 1.29. The molecule has 7 nitrogen and oxygen atoms in total. The van der Waals surface area contributed by atoms with E-state index in [0.717, 1.165) is 39.1 Å². The molecule has 2 saturated heterocycles. The van der Waals surface area contributed by atoms with Crippen LogP contribution in [0.2, 0.25) is 0 Å². The van der Waals surface area contributed by atoms with Crippen LogP contribution in [-0.4, -0.2) is 66.2 Å². The highest BCUT2D eigenvalue weighted by atomic mass is 16.5. The number of piperazine rings is 1. The van der Waals surface area contributed by atoms with Gasteiger partial charge in [0, 0.05) is 45.0 Å². The van der Waals surface area contributed by atoms with Crippen LogP contribution >= 0.6 is 0 Å².